The molecule has 1 rings (SSSR count). The minimum Gasteiger partial charge on any atom is -0.496 e. The standard InChI is InChI=1S/C14H20N2O4/c1-16(10-13(17)15-9-14(18)19)8-7-11-5-3-4-6-12(11)20-2/h3-6H,7-10H2,1-2H3,(H,15,17)(H,18,19). The molecule has 1 aromatic carbocycles. The van der Waals surface area contributed by atoms with Crippen molar-refractivity contribution in [1.82, 2.24) is 10.2 Å². The Kier molecular flexibility index (Phi) is 6.52. The number of carboxylic acids is 1. The molecule has 0 saturated carbocycles. The third-order valence-corrected chi connectivity index (χ3v) is 2.81. The summed E-state index contributed by atoms with van der Waals surface area (Å²) in [7, 11) is 3.44. The van der Waals surface area contributed by atoms with Gasteiger partial charge in [0.1, 0.15) is 12.3 Å². The molecule has 0 aliphatic rings. The third-order valence-electron chi connectivity index (χ3n) is 2.81. The number of carboxylic acid groups (broad SMARTS) is 1. The van der Waals surface area contributed by atoms with E-state index in [0.29, 0.717) is 6.54 Å². The van der Waals surface area contributed by atoms with Gasteiger partial charge in [-0.2, -0.15) is 0 Å². The van der Waals surface area contributed by atoms with Crippen LogP contribution in [0.1, 0.15) is 5.56 Å². The molecule has 1 aromatic rings. The number of carbonyl (C=O) groups excluding carboxylic acids is 1. The summed E-state index contributed by atoms with van der Waals surface area (Å²) in [6.45, 7) is 0.502. The highest BCUT2D eigenvalue weighted by molar-refractivity contribution is 5.82. The van der Waals surface area contributed by atoms with E-state index in [0.717, 1.165) is 17.7 Å². The van der Waals surface area contributed by atoms with Gasteiger partial charge in [-0.05, 0) is 25.1 Å². The number of amides is 1. The van der Waals surface area contributed by atoms with E-state index in [2.05, 4.69) is 5.32 Å². The Morgan fingerprint density at radius 1 is 1.35 bits per heavy atom. The van der Waals surface area contributed by atoms with E-state index in [1.807, 2.05) is 36.2 Å². The van der Waals surface area contributed by atoms with Crippen LogP contribution in [0, 0.1) is 0 Å². The summed E-state index contributed by atoms with van der Waals surface area (Å²) in [6, 6.07) is 7.73. The first-order valence-electron chi connectivity index (χ1n) is 6.32. The van der Waals surface area contributed by atoms with Crippen LogP contribution < -0.4 is 10.1 Å². The molecule has 1 amide bonds. The molecule has 0 aromatic heterocycles. The van der Waals surface area contributed by atoms with Crippen molar-refractivity contribution in [1.29, 1.82) is 0 Å². The van der Waals surface area contributed by atoms with Gasteiger partial charge < -0.3 is 15.2 Å². The molecule has 0 aliphatic heterocycles. The predicted molar refractivity (Wildman–Crippen MR) is 74.8 cm³/mol. The Labute approximate surface area is 118 Å². The zero-order valence-electron chi connectivity index (χ0n) is 11.8. The summed E-state index contributed by atoms with van der Waals surface area (Å²) in [4.78, 5) is 23.6. The Hall–Kier alpha value is -2.08. The smallest absolute Gasteiger partial charge is 0.322 e. The van der Waals surface area contributed by atoms with E-state index in [4.69, 9.17) is 9.84 Å². The molecule has 0 radical (unpaired) electrons. The van der Waals surface area contributed by atoms with Gasteiger partial charge in [0.05, 0.1) is 13.7 Å². The number of ether oxygens (including phenoxy) is 1. The van der Waals surface area contributed by atoms with Crippen molar-refractivity contribution < 1.29 is 19.4 Å². The van der Waals surface area contributed by atoms with Crippen LogP contribution in [0.15, 0.2) is 24.3 Å². The third kappa shape index (κ3) is 5.71. The second-order valence-corrected chi connectivity index (χ2v) is 4.47. The van der Waals surface area contributed by atoms with E-state index in [-0.39, 0.29) is 19.0 Å². The van der Waals surface area contributed by atoms with E-state index < -0.39 is 5.97 Å². The Morgan fingerprint density at radius 2 is 2.05 bits per heavy atom. The van der Waals surface area contributed by atoms with Crippen molar-refractivity contribution in [2.75, 3.05) is 33.8 Å². The maximum atomic E-state index is 11.5. The molecule has 110 valence electrons. The van der Waals surface area contributed by atoms with Gasteiger partial charge in [-0.25, -0.2) is 0 Å². The molecule has 6 heteroatoms. The van der Waals surface area contributed by atoms with E-state index in [1.165, 1.54) is 0 Å². The zero-order chi connectivity index (χ0) is 15.0. The summed E-state index contributed by atoms with van der Waals surface area (Å²) in [5.74, 6) is -0.513. The van der Waals surface area contributed by atoms with Gasteiger partial charge >= 0.3 is 5.97 Å². The highest BCUT2D eigenvalue weighted by atomic mass is 16.5. The first kappa shape index (κ1) is 16.0. The quantitative estimate of drug-likeness (QED) is 0.719. The predicted octanol–water partition coefficient (Wildman–Crippen LogP) is 0.370. The molecule has 2 N–H and O–H groups in total. The highest BCUT2D eigenvalue weighted by Crippen LogP contribution is 2.17. The number of likely N-dealkylation sites (N-methyl/N-ethyl adjacent to an activating group) is 1. The summed E-state index contributed by atoms with van der Waals surface area (Å²) in [5, 5.41) is 10.8. The van der Waals surface area contributed by atoms with Crippen LogP contribution in [0.2, 0.25) is 0 Å². The van der Waals surface area contributed by atoms with Crippen LogP contribution in [-0.2, 0) is 16.0 Å². The number of carbonyl (C=O) groups is 2. The highest BCUT2D eigenvalue weighted by Gasteiger charge is 2.09. The normalized spacial score (nSPS) is 10.3. The number of methoxy groups -OCH3 is 1. The Morgan fingerprint density at radius 3 is 2.70 bits per heavy atom. The molecule has 0 atom stereocenters. The largest absolute Gasteiger partial charge is 0.496 e. The second kappa shape index (κ2) is 8.16. The molecule has 20 heavy (non-hydrogen) atoms. The summed E-state index contributed by atoms with van der Waals surface area (Å²) < 4.78 is 5.26. The zero-order valence-corrected chi connectivity index (χ0v) is 11.8. The van der Waals surface area contributed by atoms with Gasteiger partial charge in [0.15, 0.2) is 0 Å². The average Bonchev–Trinajstić information content (AvgIpc) is 2.43. The van der Waals surface area contributed by atoms with Gasteiger partial charge in [0, 0.05) is 6.54 Å². The average molecular weight is 280 g/mol. The van der Waals surface area contributed by atoms with E-state index >= 15 is 0 Å². The lowest BCUT2D eigenvalue weighted by Crippen LogP contribution is -2.38. The molecule has 6 nitrogen and oxygen atoms in total. The first-order valence-corrected chi connectivity index (χ1v) is 6.32. The van der Waals surface area contributed by atoms with Crippen molar-refractivity contribution in [2.24, 2.45) is 0 Å². The van der Waals surface area contributed by atoms with Crippen LogP contribution in [0.4, 0.5) is 0 Å². The molecule has 0 fully saturated rings. The van der Waals surface area contributed by atoms with Crippen molar-refractivity contribution in [2.45, 2.75) is 6.42 Å². The fourth-order valence-electron chi connectivity index (χ4n) is 1.78. The van der Waals surface area contributed by atoms with Crippen molar-refractivity contribution in [3.63, 3.8) is 0 Å². The maximum absolute atomic E-state index is 11.5. The van der Waals surface area contributed by atoms with Crippen molar-refractivity contribution >= 4 is 11.9 Å². The van der Waals surface area contributed by atoms with Crippen LogP contribution >= 0.6 is 0 Å². The number of para-hydroxylation sites is 1. The van der Waals surface area contributed by atoms with Crippen LogP contribution in [0.3, 0.4) is 0 Å². The lowest BCUT2D eigenvalue weighted by atomic mass is 10.1. The number of rotatable bonds is 8. The maximum Gasteiger partial charge on any atom is 0.322 e. The fourth-order valence-corrected chi connectivity index (χ4v) is 1.78. The minimum absolute atomic E-state index is 0.169. The van der Waals surface area contributed by atoms with Crippen LogP contribution in [-0.4, -0.2) is 55.7 Å². The molecular formula is C14H20N2O4. The molecule has 0 bridgehead atoms. The van der Waals surface area contributed by atoms with Gasteiger partial charge in [0.25, 0.3) is 0 Å². The number of nitrogens with one attached hydrogen (secondary N) is 1. The molecule has 0 aliphatic carbocycles. The summed E-state index contributed by atoms with van der Waals surface area (Å²) >= 11 is 0. The topological polar surface area (TPSA) is 78.9 Å². The van der Waals surface area contributed by atoms with Crippen LogP contribution in [0.5, 0.6) is 5.75 Å². The number of nitrogens with zero attached hydrogens (tertiary/aromatic N) is 1. The van der Waals surface area contributed by atoms with Gasteiger partial charge in [-0.1, -0.05) is 18.2 Å². The Bertz CT molecular complexity index is 462. The molecule has 0 spiro atoms. The minimum atomic E-state index is -1.05. The Balaban J connectivity index is 2.37. The summed E-state index contributed by atoms with van der Waals surface area (Å²) in [5.41, 5.74) is 1.08. The summed E-state index contributed by atoms with van der Waals surface area (Å²) in [6.07, 6.45) is 0.757. The molecular weight excluding hydrogens is 260 g/mol. The van der Waals surface area contributed by atoms with Crippen molar-refractivity contribution in [3.05, 3.63) is 29.8 Å². The molecule has 0 unspecified atom stereocenters. The van der Waals surface area contributed by atoms with Gasteiger partial charge in [0.2, 0.25) is 5.91 Å². The number of hydrogen-bond acceptors (Lipinski definition) is 4. The van der Waals surface area contributed by atoms with Crippen LogP contribution in [0.25, 0.3) is 0 Å². The molecule has 0 heterocycles. The lowest BCUT2D eigenvalue weighted by molar-refractivity contribution is -0.138. The van der Waals surface area contributed by atoms with Gasteiger partial charge in [-0.3, -0.25) is 14.5 Å². The first-order chi connectivity index (χ1) is 9.52. The number of aliphatic carboxylic acids is 1. The second-order valence-electron chi connectivity index (χ2n) is 4.47. The van der Waals surface area contributed by atoms with E-state index in [9.17, 15) is 9.59 Å². The molecule has 0 saturated heterocycles. The fraction of sp³-hybridized carbons (Fsp3) is 0.429. The van der Waals surface area contributed by atoms with Gasteiger partial charge in [-0.15, -0.1) is 0 Å². The van der Waals surface area contributed by atoms with Crippen molar-refractivity contribution in [3.8, 4) is 5.75 Å². The van der Waals surface area contributed by atoms with E-state index in [1.54, 1.807) is 7.11 Å². The monoisotopic (exact) mass is 280 g/mol. The lowest BCUT2D eigenvalue weighted by Gasteiger charge is -2.16. The SMILES string of the molecule is COc1ccccc1CCN(C)CC(=O)NCC(=O)O. The number of benzene rings is 1. The number of hydrogen-bond donors (Lipinski definition) is 2.